The van der Waals surface area contributed by atoms with E-state index in [9.17, 15) is 14.0 Å². The van der Waals surface area contributed by atoms with Gasteiger partial charge in [-0.1, -0.05) is 18.6 Å². The molecule has 5 rings (SSSR count). The molecule has 1 N–H and O–H groups in total. The van der Waals surface area contributed by atoms with Gasteiger partial charge in [0, 0.05) is 37.3 Å². The van der Waals surface area contributed by atoms with E-state index in [0.717, 1.165) is 62.3 Å². The minimum atomic E-state index is -0.389. The highest BCUT2D eigenvalue weighted by molar-refractivity contribution is 5.95. The number of amides is 2. The third-order valence-corrected chi connectivity index (χ3v) is 6.29. The number of carbonyl (C=O) groups excluding carboxylic acids is 2. The Hall–Kier alpha value is -3.55. The second-order valence-electron chi connectivity index (χ2n) is 8.64. The van der Waals surface area contributed by atoms with Gasteiger partial charge in [-0.15, -0.1) is 10.2 Å². The van der Waals surface area contributed by atoms with Gasteiger partial charge in [0.15, 0.2) is 5.82 Å². The summed E-state index contributed by atoms with van der Waals surface area (Å²) in [6.07, 6.45) is 5.68. The van der Waals surface area contributed by atoms with Crippen molar-refractivity contribution >= 4 is 23.2 Å². The number of hydrogen-bond acceptors (Lipinski definition) is 4. The summed E-state index contributed by atoms with van der Waals surface area (Å²) in [6.45, 7) is 1.51. The fraction of sp³-hybridized carbons (Fsp3) is 0.360. The Kier molecular flexibility index (Phi) is 5.90. The number of hydrogen-bond donors (Lipinski definition) is 1. The molecule has 2 aliphatic heterocycles. The van der Waals surface area contributed by atoms with Gasteiger partial charge in [0.25, 0.3) is 0 Å². The third kappa shape index (κ3) is 4.51. The minimum absolute atomic E-state index is 0.136. The molecule has 0 radical (unpaired) electrons. The molecule has 0 unspecified atom stereocenters. The first-order valence-electron chi connectivity index (χ1n) is 11.5. The summed E-state index contributed by atoms with van der Waals surface area (Å²) >= 11 is 0. The zero-order valence-corrected chi connectivity index (χ0v) is 18.4. The van der Waals surface area contributed by atoms with Crippen LogP contribution in [0.2, 0.25) is 0 Å². The first kappa shape index (κ1) is 21.3. The molecule has 1 aromatic heterocycles. The Bertz CT molecular complexity index is 1190. The lowest BCUT2D eigenvalue weighted by Gasteiger charge is -2.16. The van der Waals surface area contributed by atoms with Crippen LogP contribution in [-0.4, -0.2) is 33.1 Å². The van der Waals surface area contributed by atoms with Crippen LogP contribution in [-0.2, 0) is 29.0 Å². The molecule has 33 heavy (non-hydrogen) atoms. The number of benzene rings is 2. The molecule has 2 amide bonds. The summed E-state index contributed by atoms with van der Waals surface area (Å²) in [5.74, 6) is 0.942. The molecule has 1 fully saturated rings. The highest BCUT2D eigenvalue weighted by Gasteiger charge is 2.22. The van der Waals surface area contributed by atoms with Gasteiger partial charge in [-0.05, 0) is 55.2 Å². The summed E-state index contributed by atoms with van der Waals surface area (Å²) in [7, 11) is 0. The van der Waals surface area contributed by atoms with Gasteiger partial charge in [-0.3, -0.25) is 9.59 Å². The molecular weight excluding hydrogens is 421 g/mol. The number of nitrogens with zero attached hydrogens (tertiary/aromatic N) is 4. The quantitative estimate of drug-likeness (QED) is 0.638. The van der Waals surface area contributed by atoms with Crippen molar-refractivity contribution in [2.24, 2.45) is 0 Å². The highest BCUT2D eigenvalue weighted by atomic mass is 19.1. The van der Waals surface area contributed by atoms with Crippen LogP contribution >= 0.6 is 0 Å². The number of fused-ring (bicyclic) bond motifs is 1. The molecule has 0 bridgehead atoms. The molecule has 7 nitrogen and oxygen atoms in total. The first-order chi connectivity index (χ1) is 16.1. The monoisotopic (exact) mass is 447 g/mol. The predicted molar refractivity (Wildman–Crippen MR) is 123 cm³/mol. The molecule has 3 aromatic rings. The second kappa shape index (κ2) is 9.13. The maximum Gasteiger partial charge on any atom is 0.228 e. The zero-order chi connectivity index (χ0) is 22.8. The largest absolute Gasteiger partial charge is 0.326 e. The van der Waals surface area contributed by atoms with Crippen LogP contribution < -0.4 is 10.2 Å². The van der Waals surface area contributed by atoms with E-state index in [-0.39, 0.29) is 24.1 Å². The first-order valence-corrected chi connectivity index (χ1v) is 11.5. The lowest BCUT2D eigenvalue weighted by molar-refractivity contribution is -0.117. The fourth-order valence-corrected chi connectivity index (χ4v) is 4.56. The fourth-order valence-electron chi connectivity index (χ4n) is 4.56. The molecule has 0 aliphatic carbocycles. The van der Waals surface area contributed by atoms with Crippen molar-refractivity contribution in [3.8, 4) is 11.4 Å². The van der Waals surface area contributed by atoms with Crippen LogP contribution in [0.25, 0.3) is 11.4 Å². The Labute approximate surface area is 191 Å². The lowest BCUT2D eigenvalue weighted by atomic mass is 10.1. The average Bonchev–Trinajstić information content (AvgIpc) is 3.34. The van der Waals surface area contributed by atoms with Crippen molar-refractivity contribution in [1.82, 2.24) is 14.8 Å². The van der Waals surface area contributed by atoms with Crippen LogP contribution in [0.1, 0.15) is 43.5 Å². The van der Waals surface area contributed by atoms with E-state index in [1.165, 1.54) is 6.07 Å². The van der Waals surface area contributed by atoms with Gasteiger partial charge in [-0.25, -0.2) is 4.39 Å². The molecule has 0 saturated carbocycles. The number of carbonyl (C=O) groups is 2. The lowest BCUT2D eigenvalue weighted by Crippen LogP contribution is -2.23. The second-order valence-corrected chi connectivity index (χ2v) is 8.64. The van der Waals surface area contributed by atoms with Crippen LogP contribution in [0.4, 0.5) is 15.8 Å². The minimum Gasteiger partial charge on any atom is -0.326 e. The van der Waals surface area contributed by atoms with Crippen LogP contribution in [0.5, 0.6) is 0 Å². The Morgan fingerprint density at radius 3 is 2.61 bits per heavy atom. The summed E-state index contributed by atoms with van der Waals surface area (Å²) in [4.78, 5) is 26.3. The van der Waals surface area contributed by atoms with E-state index in [0.29, 0.717) is 23.5 Å². The predicted octanol–water partition coefficient (Wildman–Crippen LogP) is 4.12. The van der Waals surface area contributed by atoms with Crippen molar-refractivity contribution in [3.63, 3.8) is 0 Å². The topological polar surface area (TPSA) is 80.1 Å². The van der Waals surface area contributed by atoms with Gasteiger partial charge in [-0.2, -0.15) is 0 Å². The van der Waals surface area contributed by atoms with E-state index in [1.54, 1.807) is 17.0 Å². The maximum atomic E-state index is 14.7. The van der Waals surface area contributed by atoms with Gasteiger partial charge in [0.1, 0.15) is 11.6 Å². The molecule has 0 atom stereocenters. The smallest absolute Gasteiger partial charge is 0.228 e. The van der Waals surface area contributed by atoms with Gasteiger partial charge >= 0.3 is 0 Å². The molecule has 2 aromatic carbocycles. The zero-order valence-electron chi connectivity index (χ0n) is 18.4. The number of nitrogens with one attached hydrogen (secondary N) is 1. The third-order valence-electron chi connectivity index (χ3n) is 6.29. The van der Waals surface area contributed by atoms with Crippen molar-refractivity contribution in [2.75, 3.05) is 16.8 Å². The van der Waals surface area contributed by atoms with Crippen molar-refractivity contribution in [2.45, 2.75) is 51.5 Å². The van der Waals surface area contributed by atoms with Crippen molar-refractivity contribution in [3.05, 3.63) is 59.7 Å². The van der Waals surface area contributed by atoms with Gasteiger partial charge in [0.05, 0.1) is 12.0 Å². The molecule has 1 saturated heterocycles. The molecular formula is C25H26FN5O2. The van der Waals surface area contributed by atoms with Crippen LogP contribution in [0.3, 0.4) is 0 Å². The Balaban J connectivity index is 1.29. The Morgan fingerprint density at radius 2 is 1.82 bits per heavy atom. The number of rotatable bonds is 5. The van der Waals surface area contributed by atoms with E-state index in [4.69, 9.17) is 0 Å². The van der Waals surface area contributed by atoms with E-state index in [1.807, 2.05) is 28.8 Å². The molecule has 3 heterocycles. The number of halogens is 1. The van der Waals surface area contributed by atoms with Crippen LogP contribution in [0, 0.1) is 5.82 Å². The van der Waals surface area contributed by atoms with Crippen molar-refractivity contribution in [1.29, 1.82) is 0 Å². The summed E-state index contributed by atoms with van der Waals surface area (Å²) in [5, 5.41) is 11.4. The molecule has 2 aliphatic rings. The SMILES string of the molecule is O=C(Cc1ccc(N2CCCC2=O)cc1)Nc1ccc(F)c(-c2nnc3n2CCCCC3)c1. The van der Waals surface area contributed by atoms with Gasteiger partial charge in [0.2, 0.25) is 11.8 Å². The van der Waals surface area contributed by atoms with Crippen molar-refractivity contribution < 1.29 is 14.0 Å². The normalized spacial score (nSPS) is 15.9. The molecule has 170 valence electrons. The number of anilines is 2. The van der Waals surface area contributed by atoms with E-state index in [2.05, 4.69) is 15.5 Å². The number of aromatic nitrogens is 3. The highest BCUT2D eigenvalue weighted by Crippen LogP contribution is 2.28. The van der Waals surface area contributed by atoms with E-state index < -0.39 is 0 Å². The van der Waals surface area contributed by atoms with E-state index >= 15 is 0 Å². The van der Waals surface area contributed by atoms with Gasteiger partial charge < -0.3 is 14.8 Å². The number of aryl methyl sites for hydroxylation is 1. The standard InChI is InChI=1S/C25H26FN5O2/c26-21-12-9-18(16-20(21)25-29-28-22-5-2-1-3-13-31(22)25)27-23(32)15-17-7-10-19(11-8-17)30-14-4-6-24(30)33/h7-12,16H,1-6,13-15H2,(H,27,32). The maximum absolute atomic E-state index is 14.7. The summed E-state index contributed by atoms with van der Waals surface area (Å²) < 4.78 is 16.7. The summed E-state index contributed by atoms with van der Waals surface area (Å²) in [6, 6.07) is 12.0. The molecule has 8 heteroatoms. The molecule has 0 spiro atoms. The Morgan fingerprint density at radius 1 is 0.970 bits per heavy atom. The summed E-state index contributed by atoms with van der Waals surface area (Å²) in [5.41, 5.74) is 2.56. The average molecular weight is 448 g/mol. The van der Waals surface area contributed by atoms with Crippen LogP contribution in [0.15, 0.2) is 42.5 Å².